The van der Waals surface area contributed by atoms with E-state index in [0.29, 0.717) is 12.6 Å². The van der Waals surface area contributed by atoms with Crippen molar-refractivity contribution < 1.29 is 0 Å². The van der Waals surface area contributed by atoms with E-state index in [2.05, 4.69) is 4.68 Å². The van der Waals surface area contributed by atoms with E-state index in [4.69, 9.17) is 10.8 Å². The first-order chi connectivity index (χ1) is 7.90. The third-order valence-electron chi connectivity index (χ3n) is 4.16. The van der Waals surface area contributed by atoms with Crippen LogP contribution in [0.1, 0.15) is 61.5 Å². The van der Waals surface area contributed by atoms with Gasteiger partial charge in [-0.05, 0) is 44.1 Å². The van der Waals surface area contributed by atoms with E-state index in [1.807, 2.05) is 0 Å². The normalized spacial score (nSPS) is 21.3. The molecule has 0 aliphatic heterocycles. The molecule has 3 rings (SSSR count). The smallest absolute Gasteiger partial charge is 0.0660 e. The quantitative estimate of drug-likeness (QED) is 0.829. The molecule has 0 radical (unpaired) electrons. The van der Waals surface area contributed by atoms with Gasteiger partial charge in [-0.3, -0.25) is 4.68 Å². The Labute approximate surface area is 97.0 Å². The molecule has 0 spiro atoms. The van der Waals surface area contributed by atoms with Gasteiger partial charge in [0.15, 0.2) is 0 Å². The predicted molar refractivity (Wildman–Crippen MR) is 64.3 cm³/mol. The van der Waals surface area contributed by atoms with Crippen molar-refractivity contribution in [1.29, 1.82) is 0 Å². The predicted octanol–water partition coefficient (Wildman–Crippen LogP) is 2.34. The molecule has 1 saturated carbocycles. The Kier molecular flexibility index (Phi) is 2.72. The first-order valence-corrected chi connectivity index (χ1v) is 6.69. The summed E-state index contributed by atoms with van der Waals surface area (Å²) in [6, 6.07) is 0.643. The van der Waals surface area contributed by atoms with Crippen molar-refractivity contribution in [1.82, 2.24) is 9.78 Å². The first-order valence-electron chi connectivity index (χ1n) is 6.69. The minimum Gasteiger partial charge on any atom is -0.325 e. The van der Waals surface area contributed by atoms with Crippen molar-refractivity contribution in [3.63, 3.8) is 0 Å². The molecule has 2 aliphatic rings. The minimum absolute atomic E-state index is 0.643. The van der Waals surface area contributed by atoms with E-state index < -0.39 is 0 Å². The number of fused-ring (bicyclic) bond motifs is 1. The van der Waals surface area contributed by atoms with Crippen molar-refractivity contribution >= 4 is 0 Å². The lowest BCUT2D eigenvalue weighted by Crippen LogP contribution is -2.14. The number of aromatic nitrogens is 2. The van der Waals surface area contributed by atoms with E-state index in [0.717, 1.165) is 0 Å². The van der Waals surface area contributed by atoms with Crippen molar-refractivity contribution in [3.8, 4) is 0 Å². The van der Waals surface area contributed by atoms with Crippen molar-refractivity contribution in [2.75, 3.05) is 0 Å². The molecule has 0 unspecified atom stereocenters. The summed E-state index contributed by atoms with van der Waals surface area (Å²) in [4.78, 5) is 0. The highest BCUT2D eigenvalue weighted by Crippen LogP contribution is 2.33. The van der Waals surface area contributed by atoms with Crippen LogP contribution in [-0.2, 0) is 19.4 Å². The highest BCUT2D eigenvalue weighted by Gasteiger charge is 2.25. The van der Waals surface area contributed by atoms with Crippen LogP contribution in [0.4, 0.5) is 0 Å². The zero-order chi connectivity index (χ0) is 11.0. The summed E-state index contributed by atoms with van der Waals surface area (Å²) in [5.41, 5.74) is 10.1. The van der Waals surface area contributed by atoms with Gasteiger partial charge in [0.1, 0.15) is 0 Å². The fourth-order valence-corrected chi connectivity index (χ4v) is 3.31. The van der Waals surface area contributed by atoms with Crippen LogP contribution in [0.3, 0.4) is 0 Å². The van der Waals surface area contributed by atoms with Crippen LogP contribution >= 0.6 is 0 Å². The SMILES string of the molecule is NCc1c2c(nn1C1CCCC1)CCCC2. The molecule has 1 aromatic rings. The van der Waals surface area contributed by atoms with Gasteiger partial charge in [0.2, 0.25) is 0 Å². The summed E-state index contributed by atoms with van der Waals surface area (Å²) in [5.74, 6) is 0. The second-order valence-electron chi connectivity index (χ2n) is 5.17. The van der Waals surface area contributed by atoms with Crippen molar-refractivity contribution in [2.24, 2.45) is 5.73 Å². The standard InChI is InChI=1S/C13H21N3/c14-9-13-11-7-3-4-8-12(11)15-16(13)10-5-1-2-6-10/h10H,1-9,14H2. The van der Waals surface area contributed by atoms with Gasteiger partial charge in [0, 0.05) is 6.54 Å². The van der Waals surface area contributed by atoms with E-state index in [1.54, 1.807) is 0 Å². The van der Waals surface area contributed by atoms with Gasteiger partial charge in [0.05, 0.1) is 17.4 Å². The summed E-state index contributed by atoms with van der Waals surface area (Å²) in [7, 11) is 0. The highest BCUT2D eigenvalue weighted by atomic mass is 15.3. The number of hydrogen-bond acceptors (Lipinski definition) is 2. The second-order valence-corrected chi connectivity index (χ2v) is 5.17. The Balaban J connectivity index is 1.99. The lowest BCUT2D eigenvalue weighted by atomic mass is 9.96. The van der Waals surface area contributed by atoms with E-state index >= 15 is 0 Å². The molecule has 1 heterocycles. The highest BCUT2D eigenvalue weighted by molar-refractivity contribution is 5.29. The van der Waals surface area contributed by atoms with Gasteiger partial charge >= 0.3 is 0 Å². The Morgan fingerprint density at radius 3 is 2.62 bits per heavy atom. The molecule has 2 N–H and O–H groups in total. The van der Waals surface area contributed by atoms with Gasteiger partial charge in [-0.1, -0.05) is 12.8 Å². The summed E-state index contributed by atoms with van der Waals surface area (Å²) in [6.07, 6.45) is 10.3. The maximum atomic E-state index is 5.93. The maximum Gasteiger partial charge on any atom is 0.0660 e. The van der Waals surface area contributed by atoms with Gasteiger partial charge in [-0.15, -0.1) is 0 Å². The average molecular weight is 219 g/mol. The lowest BCUT2D eigenvalue weighted by molar-refractivity contribution is 0.446. The summed E-state index contributed by atoms with van der Waals surface area (Å²) < 4.78 is 2.28. The Hall–Kier alpha value is -0.830. The van der Waals surface area contributed by atoms with E-state index in [1.165, 1.54) is 68.3 Å². The van der Waals surface area contributed by atoms with Gasteiger partial charge in [0.25, 0.3) is 0 Å². The lowest BCUT2D eigenvalue weighted by Gasteiger charge is -2.14. The molecule has 0 atom stereocenters. The molecule has 2 aliphatic carbocycles. The van der Waals surface area contributed by atoms with Crippen LogP contribution in [0.25, 0.3) is 0 Å². The molecule has 0 aromatic carbocycles. The molecule has 1 fully saturated rings. The molecule has 88 valence electrons. The maximum absolute atomic E-state index is 5.93. The summed E-state index contributed by atoms with van der Waals surface area (Å²) >= 11 is 0. The number of nitrogens with zero attached hydrogens (tertiary/aromatic N) is 2. The third-order valence-corrected chi connectivity index (χ3v) is 4.16. The van der Waals surface area contributed by atoms with E-state index in [9.17, 15) is 0 Å². The van der Waals surface area contributed by atoms with Crippen LogP contribution < -0.4 is 5.73 Å². The van der Waals surface area contributed by atoms with Gasteiger partial charge in [-0.2, -0.15) is 5.10 Å². The number of rotatable bonds is 2. The van der Waals surface area contributed by atoms with Crippen LogP contribution in [0.2, 0.25) is 0 Å². The molecule has 0 saturated heterocycles. The average Bonchev–Trinajstić information content (AvgIpc) is 2.95. The largest absolute Gasteiger partial charge is 0.325 e. The zero-order valence-electron chi connectivity index (χ0n) is 9.91. The monoisotopic (exact) mass is 219 g/mol. The zero-order valence-corrected chi connectivity index (χ0v) is 9.91. The topological polar surface area (TPSA) is 43.8 Å². The second kappa shape index (κ2) is 4.21. The minimum atomic E-state index is 0.643. The molecule has 0 amide bonds. The van der Waals surface area contributed by atoms with Gasteiger partial charge in [-0.25, -0.2) is 0 Å². The van der Waals surface area contributed by atoms with Crippen LogP contribution in [0.15, 0.2) is 0 Å². The molecule has 3 heteroatoms. The fourth-order valence-electron chi connectivity index (χ4n) is 3.31. The summed E-state index contributed by atoms with van der Waals surface area (Å²) in [5, 5.41) is 4.84. The Morgan fingerprint density at radius 1 is 1.12 bits per heavy atom. The van der Waals surface area contributed by atoms with Crippen LogP contribution in [0.5, 0.6) is 0 Å². The van der Waals surface area contributed by atoms with Crippen LogP contribution in [0, 0.1) is 0 Å². The third kappa shape index (κ3) is 1.58. The van der Waals surface area contributed by atoms with Gasteiger partial charge < -0.3 is 5.73 Å². The molecular weight excluding hydrogens is 198 g/mol. The van der Waals surface area contributed by atoms with Crippen LogP contribution in [-0.4, -0.2) is 9.78 Å². The molecule has 16 heavy (non-hydrogen) atoms. The molecule has 0 bridgehead atoms. The Bertz CT molecular complexity index is 375. The van der Waals surface area contributed by atoms with Crippen molar-refractivity contribution in [3.05, 3.63) is 17.0 Å². The molecular formula is C13H21N3. The molecule has 3 nitrogen and oxygen atoms in total. The summed E-state index contributed by atoms with van der Waals surface area (Å²) in [6.45, 7) is 0.666. The van der Waals surface area contributed by atoms with E-state index in [-0.39, 0.29) is 0 Å². The number of nitrogens with two attached hydrogens (primary N) is 1. The number of hydrogen-bond donors (Lipinski definition) is 1. The number of aryl methyl sites for hydroxylation is 1. The first kappa shape index (κ1) is 10.3. The Morgan fingerprint density at radius 2 is 1.88 bits per heavy atom. The van der Waals surface area contributed by atoms with Crippen molar-refractivity contribution in [2.45, 2.75) is 64.0 Å². The fraction of sp³-hybridized carbons (Fsp3) is 0.769. The molecule has 1 aromatic heterocycles.